The first kappa shape index (κ1) is 14.6. The fraction of sp³-hybridized carbons (Fsp3) is 0.200. The van der Waals surface area contributed by atoms with Crippen LogP contribution in [0.1, 0.15) is 5.56 Å². The van der Waals surface area contributed by atoms with E-state index in [-0.39, 0.29) is 11.2 Å². The van der Waals surface area contributed by atoms with Crippen LogP contribution in [0.2, 0.25) is 0 Å². The molecule has 1 heterocycles. The van der Waals surface area contributed by atoms with Gasteiger partial charge in [0.25, 0.3) is 0 Å². The van der Waals surface area contributed by atoms with Gasteiger partial charge in [-0.3, -0.25) is 9.79 Å². The molecule has 1 aromatic heterocycles. The van der Waals surface area contributed by atoms with Crippen molar-refractivity contribution in [2.45, 2.75) is 12.5 Å². The molecule has 0 radical (unpaired) electrons. The highest BCUT2D eigenvalue weighted by molar-refractivity contribution is 8.16. The number of rotatable bonds is 6. The van der Waals surface area contributed by atoms with Crippen LogP contribution in [0.4, 0.5) is 0 Å². The summed E-state index contributed by atoms with van der Waals surface area (Å²) in [5.74, 6) is 0. The van der Waals surface area contributed by atoms with Crippen molar-refractivity contribution in [3.63, 3.8) is 0 Å². The molecule has 5 heteroatoms. The summed E-state index contributed by atoms with van der Waals surface area (Å²) in [4.78, 5) is 18.9. The zero-order valence-corrected chi connectivity index (χ0v) is 12.1. The second-order valence-electron chi connectivity index (χ2n) is 4.31. The third-order valence-electron chi connectivity index (χ3n) is 3.08. The van der Waals surface area contributed by atoms with E-state index < -0.39 is 0 Å². The van der Waals surface area contributed by atoms with Gasteiger partial charge in [-0.05, 0) is 37.2 Å². The molecule has 2 aromatic rings. The molecule has 1 atom stereocenters. The van der Waals surface area contributed by atoms with Crippen LogP contribution < -0.4 is 5.32 Å². The molecule has 1 aromatic carbocycles. The first-order valence-electron chi connectivity index (χ1n) is 6.30. The largest absolute Gasteiger partial charge is 0.361 e. The van der Waals surface area contributed by atoms with E-state index in [0.29, 0.717) is 6.42 Å². The topological polar surface area (TPSA) is 57.2 Å². The monoisotopic (exact) mass is 287 g/mol. The number of aliphatic imine (C=N–C) groups is 1. The first-order valence-corrected chi connectivity index (χ1v) is 7.18. The molecule has 0 amide bonds. The van der Waals surface area contributed by atoms with Gasteiger partial charge in [-0.15, -0.1) is 0 Å². The fourth-order valence-corrected chi connectivity index (χ4v) is 2.69. The number of fused-ring (bicyclic) bond motifs is 1. The van der Waals surface area contributed by atoms with Crippen LogP contribution in [-0.2, 0) is 11.2 Å². The number of aromatic nitrogens is 1. The molecule has 4 nitrogen and oxygen atoms in total. The van der Waals surface area contributed by atoms with Crippen LogP contribution in [0.15, 0.2) is 47.1 Å². The quantitative estimate of drug-likeness (QED) is 0.803. The maximum absolute atomic E-state index is 12.1. The van der Waals surface area contributed by atoms with Crippen molar-refractivity contribution >= 4 is 34.5 Å². The van der Waals surface area contributed by atoms with Gasteiger partial charge in [0, 0.05) is 23.3 Å². The summed E-state index contributed by atoms with van der Waals surface area (Å²) < 4.78 is 0. The maximum Gasteiger partial charge on any atom is 0.210 e. The fourth-order valence-electron chi connectivity index (χ4n) is 2.05. The van der Waals surface area contributed by atoms with Crippen molar-refractivity contribution < 1.29 is 4.79 Å². The van der Waals surface area contributed by atoms with Gasteiger partial charge < -0.3 is 10.3 Å². The van der Waals surface area contributed by atoms with Crippen molar-refractivity contribution in [1.29, 1.82) is 0 Å². The summed E-state index contributed by atoms with van der Waals surface area (Å²) in [6, 6.07) is 7.86. The van der Waals surface area contributed by atoms with Gasteiger partial charge in [0.05, 0.1) is 6.04 Å². The smallest absolute Gasteiger partial charge is 0.210 e. The second-order valence-corrected chi connectivity index (χ2v) is 5.22. The van der Waals surface area contributed by atoms with Crippen molar-refractivity contribution in [3.8, 4) is 0 Å². The number of thioether (sulfide) groups is 1. The standard InChI is InChI=1S/C15H17N3OS/c1-16-7-8-20-15(19)14(17-2)9-11-10-18-13-6-4-3-5-12(11)13/h3-8,10,14,17-18H,1,9H2,2H3/b8-7-. The Morgan fingerprint density at radius 1 is 1.55 bits per heavy atom. The van der Waals surface area contributed by atoms with Crippen LogP contribution in [-0.4, -0.2) is 29.9 Å². The summed E-state index contributed by atoms with van der Waals surface area (Å²) in [6.07, 6.45) is 4.14. The molecular weight excluding hydrogens is 270 g/mol. The van der Waals surface area contributed by atoms with Crippen molar-refractivity contribution in [2.24, 2.45) is 4.99 Å². The Morgan fingerprint density at radius 3 is 3.10 bits per heavy atom. The highest BCUT2D eigenvalue weighted by atomic mass is 32.2. The highest BCUT2D eigenvalue weighted by Crippen LogP contribution is 2.20. The SMILES string of the molecule is C=N/C=C\SC(=O)C(Cc1c[nH]c2ccccc12)NC. The number of carbonyl (C=O) groups excluding carboxylic acids is 1. The molecule has 2 rings (SSSR count). The van der Waals surface area contributed by atoms with Gasteiger partial charge in [0.15, 0.2) is 0 Å². The van der Waals surface area contributed by atoms with E-state index in [0.717, 1.165) is 28.2 Å². The molecule has 2 N–H and O–H groups in total. The van der Waals surface area contributed by atoms with Crippen LogP contribution in [0.25, 0.3) is 10.9 Å². The Hall–Kier alpha value is -1.85. The zero-order chi connectivity index (χ0) is 14.4. The molecule has 20 heavy (non-hydrogen) atoms. The van der Waals surface area contributed by atoms with Crippen LogP contribution >= 0.6 is 11.8 Å². The summed E-state index contributed by atoms with van der Waals surface area (Å²) in [5.41, 5.74) is 2.23. The van der Waals surface area contributed by atoms with Crippen molar-refractivity contribution in [2.75, 3.05) is 7.05 Å². The molecule has 0 saturated carbocycles. The van der Waals surface area contributed by atoms with Crippen molar-refractivity contribution in [1.82, 2.24) is 10.3 Å². The molecule has 0 aliphatic heterocycles. The van der Waals surface area contributed by atoms with E-state index in [4.69, 9.17) is 0 Å². The van der Waals surface area contributed by atoms with Gasteiger partial charge in [-0.2, -0.15) is 0 Å². The normalized spacial score (nSPS) is 12.8. The second kappa shape index (κ2) is 7.07. The molecule has 1 unspecified atom stereocenters. The van der Waals surface area contributed by atoms with E-state index in [1.807, 2.05) is 24.4 Å². The molecule has 0 aliphatic rings. The molecule has 0 fully saturated rings. The Bertz CT molecular complexity index is 633. The minimum Gasteiger partial charge on any atom is -0.361 e. The Balaban J connectivity index is 2.11. The number of para-hydroxylation sites is 1. The van der Waals surface area contributed by atoms with Gasteiger partial charge in [-0.1, -0.05) is 30.0 Å². The molecular formula is C15H17N3OS. The number of nitrogens with one attached hydrogen (secondary N) is 2. The number of nitrogens with zero attached hydrogens (tertiary/aromatic N) is 1. The molecule has 0 bridgehead atoms. The number of likely N-dealkylation sites (N-methyl/N-ethyl adjacent to an activating group) is 1. The molecule has 104 valence electrons. The van der Waals surface area contributed by atoms with Gasteiger partial charge in [-0.25, -0.2) is 0 Å². The molecule has 0 saturated heterocycles. The lowest BCUT2D eigenvalue weighted by Crippen LogP contribution is -2.34. The maximum atomic E-state index is 12.1. The molecule has 0 aliphatic carbocycles. The lowest BCUT2D eigenvalue weighted by atomic mass is 10.1. The lowest BCUT2D eigenvalue weighted by Gasteiger charge is -2.12. The van der Waals surface area contributed by atoms with Crippen molar-refractivity contribution in [3.05, 3.63) is 47.6 Å². The average Bonchev–Trinajstić information content (AvgIpc) is 2.88. The minimum absolute atomic E-state index is 0.0673. The minimum atomic E-state index is -0.228. The summed E-state index contributed by atoms with van der Waals surface area (Å²) in [5, 5.41) is 5.94. The van der Waals surface area contributed by atoms with E-state index in [1.165, 1.54) is 6.20 Å². The highest BCUT2D eigenvalue weighted by Gasteiger charge is 2.18. The number of hydrogen-bond acceptors (Lipinski definition) is 4. The zero-order valence-electron chi connectivity index (χ0n) is 11.3. The molecule has 0 spiro atoms. The summed E-state index contributed by atoms with van der Waals surface area (Å²) in [7, 11) is 1.80. The predicted octanol–water partition coefficient (Wildman–Crippen LogP) is 2.73. The Kier molecular flexibility index (Phi) is 5.15. The average molecular weight is 287 g/mol. The Morgan fingerprint density at radius 2 is 2.35 bits per heavy atom. The van der Waals surface area contributed by atoms with E-state index in [2.05, 4.69) is 28.1 Å². The van der Waals surface area contributed by atoms with Crippen LogP contribution in [0, 0.1) is 0 Å². The number of carbonyl (C=O) groups is 1. The number of hydrogen-bond donors (Lipinski definition) is 2. The van der Waals surface area contributed by atoms with E-state index in [9.17, 15) is 4.79 Å². The lowest BCUT2D eigenvalue weighted by molar-refractivity contribution is -0.112. The predicted molar refractivity (Wildman–Crippen MR) is 86.1 cm³/mol. The Labute approximate surface area is 122 Å². The first-order chi connectivity index (χ1) is 9.76. The number of aromatic amines is 1. The number of H-pyrrole nitrogens is 1. The third-order valence-corrected chi connectivity index (χ3v) is 3.86. The van der Waals surface area contributed by atoms with Gasteiger partial charge >= 0.3 is 0 Å². The van der Waals surface area contributed by atoms with Crippen LogP contribution in [0.3, 0.4) is 0 Å². The summed E-state index contributed by atoms with van der Waals surface area (Å²) in [6.45, 7) is 3.34. The third kappa shape index (κ3) is 3.37. The van der Waals surface area contributed by atoms with E-state index in [1.54, 1.807) is 12.5 Å². The summed E-state index contributed by atoms with van der Waals surface area (Å²) >= 11 is 1.14. The number of benzene rings is 1. The van der Waals surface area contributed by atoms with Gasteiger partial charge in [0.1, 0.15) is 0 Å². The van der Waals surface area contributed by atoms with Gasteiger partial charge in [0.2, 0.25) is 5.12 Å². The van der Waals surface area contributed by atoms with Crippen LogP contribution in [0.5, 0.6) is 0 Å². The van der Waals surface area contributed by atoms with E-state index >= 15 is 0 Å².